The van der Waals surface area contributed by atoms with E-state index in [2.05, 4.69) is 27.3 Å². The number of aromatic amines is 1. The summed E-state index contributed by atoms with van der Waals surface area (Å²) in [4.78, 5) is 19.9. The summed E-state index contributed by atoms with van der Waals surface area (Å²) < 4.78 is 13.5. The summed E-state index contributed by atoms with van der Waals surface area (Å²) in [6.45, 7) is 11.1. The number of ether oxygens (including phenoxy) is 2. The van der Waals surface area contributed by atoms with Gasteiger partial charge in [0.25, 0.3) is 5.56 Å². The number of nitrogens with zero attached hydrogens (tertiary/aromatic N) is 3. The highest BCUT2D eigenvalue weighted by Gasteiger charge is 2.23. The number of anilines is 1. The van der Waals surface area contributed by atoms with Crippen molar-refractivity contribution in [2.45, 2.75) is 59.2 Å². The van der Waals surface area contributed by atoms with E-state index in [1.54, 1.807) is 10.9 Å². The van der Waals surface area contributed by atoms with Crippen LogP contribution in [0, 0.1) is 0 Å². The van der Waals surface area contributed by atoms with Gasteiger partial charge in [0.1, 0.15) is 23.0 Å². The molecular formula is C21H27N5O3. The number of hydrogen-bond donors (Lipinski definition) is 2. The van der Waals surface area contributed by atoms with E-state index in [4.69, 9.17) is 9.47 Å². The fraction of sp³-hybridized carbons (Fsp3) is 0.476. The van der Waals surface area contributed by atoms with E-state index in [0.717, 1.165) is 29.0 Å². The van der Waals surface area contributed by atoms with Crippen molar-refractivity contribution in [3.8, 4) is 11.5 Å². The van der Waals surface area contributed by atoms with Crippen LogP contribution in [0.2, 0.25) is 0 Å². The Morgan fingerprint density at radius 3 is 2.90 bits per heavy atom. The molecule has 0 aliphatic carbocycles. The maximum absolute atomic E-state index is 12.5. The molecule has 2 aromatic heterocycles. The first-order valence-corrected chi connectivity index (χ1v) is 9.94. The van der Waals surface area contributed by atoms with Crippen molar-refractivity contribution in [2.75, 3.05) is 11.9 Å². The highest BCUT2D eigenvalue weighted by Crippen LogP contribution is 2.35. The number of aromatic nitrogens is 4. The Bertz CT molecular complexity index is 1110. The minimum Gasteiger partial charge on any atom is -0.494 e. The van der Waals surface area contributed by atoms with Gasteiger partial charge in [0, 0.05) is 24.1 Å². The highest BCUT2D eigenvalue weighted by atomic mass is 16.5. The summed E-state index contributed by atoms with van der Waals surface area (Å²) >= 11 is 0. The Kier molecular flexibility index (Phi) is 4.72. The average molecular weight is 397 g/mol. The Labute approximate surface area is 169 Å². The summed E-state index contributed by atoms with van der Waals surface area (Å²) in [6.07, 6.45) is 2.61. The second-order valence-electron chi connectivity index (χ2n) is 8.37. The number of benzene rings is 1. The van der Waals surface area contributed by atoms with E-state index in [1.807, 2.05) is 39.8 Å². The lowest BCUT2D eigenvalue weighted by atomic mass is 10.1. The molecule has 1 atom stereocenters. The molecule has 4 rings (SSSR count). The molecule has 0 fully saturated rings. The van der Waals surface area contributed by atoms with E-state index < -0.39 is 0 Å². The van der Waals surface area contributed by atoms with Gasteiger partial charge in [0.2, 0.25) is 5.95 Å². The maximum Gasteiger partial charge on any atom is 0.263 e. The van der Waals surface area contributed by atoms with E-state index in [1.165, 1.54) is 0 Å². The first-order chi connectivity index (χ1) is 13.8. The zero-order chi connectivity index (χ0) is 20.8. The van der Waals surface area contributed by atoms with Gasteiger partial charge in [-0.15, -0.1) is 0 Å². The summed E-state index contributed by atoms with van der Waals surface area (Å²) in [7, 11) is 0. The van der Waals surface area contributed by atoms with Gasteiger partial charge in [0.15, 0.2) is 5.65 Å². The molecule has 0 bridgehead atoms. The second kappa shape index (κ2) is 7.09. The van der Waals surface area contributed by atoms with Gasteiger partial charge in [-0.3, -0.25) is 9.78 Å². The average Bonchev–Trinajstić information content (AvgIpc) is 3.22. The smallest absolute Gasteiger partial charge is 0.263 e. The fourth-order valence-electron chi connectivity index (χ4n) is 3.58. The topological polar surface area (TPSA) is 94.1 Å². The van der Waals surface area contributed by atoms with E-state index in [9.17, 15) is 4.79 Å². The van der Waals surface area contributed by atoms with Crippen molar-refractivity contribution >= 4 is 17.0 Å². The Morgan fingerprint density at radius 1 is 1.38 bits per heavy atom. The van der Waals surface area contributed by atoms with Gasteiger partial charge >= 0.3 is 0 Å². The van der Waals surface area contributed by atoms with Crippen LogP contribution in [0.1, 0.15) is 45.7 Å². The third-order valence-electron chi connectivity index (χ3n) is 4.90. The number of nitrogens with one attached hydrogen (secondary N) is 2. The van der Waals surface area contributed by atoms with E-state index in [-0.39, 0.29) is 17.2 Å². The van der Waals surface area contributed by atoms with Gasteiger partial charge in [-0.2, -0.15) is 10.1 Å². The third kappa shape index (κ3) is 3.66. The van der Waals surface area contributed by atoms with Gasteiger partial charge in [-0.05, 0) is 46.8 Å². The standard InChI is InChI=1S/C21H27N5O3/c1-6-28-16-8-13-7-12(2)29-17(13)9-14(16)10-22-20-24-18-15(19(27)25-20)11-23-26(18)21(3,4)5/h8-9,11-12H,6-7,10H2,1-5H3,(H2,22,24,25,27). The molecule has 0 amide bonds. The summed E-state index contributed by atoms with van der Waals surface area (Å²) in [5.41, 5.74) is 2.17. The Balaban J connectivity index is 1.65. The van der Waals surface area contributed by atoms with Crippen LogP contribution in [0.4, 0.5) is 5.95 Å². The predicted octanol–water partition coefficient (Wildman–Crippen LogP) is 3.21. The van der Waals surface area contributed by atoms with Gasteiger partial charge in [-0.1, -0.05) is 0 Å². The highest BCUT2D eigenvalue weighted by molar-refractivity contribution is 5.74. The summed E-state index contributed by atoms with van der Waals surface area (Å²) in [5.74, 6) is 2.10. The van der Waals surface area contributed by atoms with Crippen LogP contribution in [-0.2, 0) is 18.5 Å². The van der Waals surface area contributed by atoms with Crippen molar-refractivity contribution < 1.29 is 9.47 Å². The molecule has 154 valence electrons. The molecule has 1 aliphatic rings. The van der Waals surface area contributed by atoms with Crippen LogP contribution in [0.15, 0.2) is 23.1 Å². The van der Waals surface area contributed by atoms with Crippen LogP contribution in [0.25, 0.3) is 11.0 Å². The number of rotatable bonds is 5. The largest absolute Gasteiger partial charge is 0.494 e. The maximum atomic E-state index is 12.5. The molecule has 0 spiro atoms. The van der Waals surface area contributed by atoms with Crippen molar-refractivity contribution in [2.24, 2.45) is 0 Å². The molecule has 0 radical (unpaired) electrons. The molecule has 1 unspecified atom stereocenters. The Hall–Kier alpha value is -3.03. The monoisotopic (exact) mass is 397 g/mol. The fourth-order valence-corrected chi connectivity index (χ4v) is 3.58. The molecule has 1 aliphatic heterocycles. The summed E-state index contributed by atoms with van der Waals surface area (Å²) in [5, 5.41) is 8.03. The van der Waals surface area contributed by atoms with Gasteiger partial charge in [-0.25, -0.2) is 4.68 Å². The third-order valence-corrected chi connectivity index (χ3v) is 4.90. The quantitative estimate of drug-likeness (QED) is 0.687. The zero-order valence-electron chi connectivity index (χ0n) is 17.5. The van der Waals surface area contributed by atoms with Crippen LogP contribution in [0.3, 0.4) is 0 Å². The molecule has 0 saturated heterocycles. The molecule has 8 nitrogen and oxygen atoms in total. The molecule has 29 heavy (non-hydrogen) atoms. The minimum absolute atomic E-state index is 0.167. The lowest BCUT2D eigenvalue weighted by Gasteiger charge is -2.19. The minimum atomic E-state index is -0.282. The van der Waals surface area contributed by atoms with Crippen LogP contribution in [-0.4, -0.2) is 32.5 Å². The zero-order valence-corrected chi connectivity index (χ0v) is 17.5. The first kappa shape index (κ1) is 19.3. The van der Waals surface area contributed by atoms with Crippen LogP contribution < -0.4 is 20.3 Å². The SMILES string of the molecule is CCOc1cc2c(cc1CNc1nc3c(cnn3C(C)(C)C)c(=O)[nH]1)OC(C)C2. The lowest BCUT2D eigenvalue weighted by molar-refractivity contribution is 0.254. The van der Waals surface area contributed by atoms with Gasteiger partial charge in [0.05, 0.1) is 18.3 Å². The van der Waals surface area contributed by atoms with Crippen LogP contribution >= 0.6 is 0 Å². The van der Waals surface area contributed by atoms with Crippen molar-refractivity contribution in [1.82, 2.24) is 19.7 Å². The Morgan fingerprint density at radius 2 is 2.17 bits per heavy atom. The molecular weight excluding hydrogens is 370 g/mol. The molecule has 3 heterocycles. The molecule has 0 saturated carbocycles. The lowest BCUT2D eigenvalue weighted by Crippen LogP contribution is -2.24. The molecule has 2 N–H and O–H groups in total. The van der Waals surface area contributed by atoms with E-state index in [0.29, 0.717) is 30.1 Å². The second-order valence-corrected chi connectivity index (χ2v) is 8.37. The van der Waals surface area contributed by atoms with Gasteiger partial charge < -0.3 is 14.8 Å². The first-order valence-electron chi connectivity index (χ1n) is 9.94. The van der Waals surface area contributed by atoms with E-state index >= 15 is 0 Å². The number of H-pyrrole nitrogens is 1. The van der Waals surface area contributed by atoms with Crippen molar-refractivity contribution in [1.29, 1.82) is 0 Å². The molecule has 3 aromatic rings. The summed E-state index contributed by atoms with van der Waals surface area (Å²) in [6, 6.07) is 4.06. The van der Waals surface area contributed by atoms with Crippen molar-refractivity contribution in [3.63, 3.8) is 0 Å². The molecule has 1 aromatic carbocycles. The van der Waals surface area contributed by atoms with Crippen molar-refractivity contribution in [3.05, 3.63) is 39.8 Å². The molecule has 8 heteroatoms. The number of hydrogen-bond acceptors (Lipinski definition) is 6. The predicted molar refractivity (Wildman–Crippen MR) is 112 cm³/mol. The van der Waals surface area contributed by atoms with Crippen LogP contribution in [0.5, 0.6) is 11.5 Å². The normalized spacial score (nSPS) is 16.0. The number of fused-ring (bicyclic) bond motifs is 2.